The average molecular weight is 414 g/mol. The zero-order valence-electron chi connectivity index (χ0n) is 16.2. The Morgan fingerprint density at radius 1 is 0.826 bits per heavy atom. The van der Waals surface area contributed by atoms with Crippen LogP contribution in [0.5, 0.6) is 0 Å². The third-order valence-corrected chi connectivity index (χ3v) is 10.2. The normalized spacial score (nSPS) is 35.0. The molecule has 23 heavy (non-hydrogen) atoms. The van der Waals surface area contributed by atoms with E-state index in [2.05, 4.69) is 40.8 Å². The van der Waals surface area contributed by atoms with Gasteiger partial charge in [0, 0.05) is 0 Å². The molecule has 2 saturated carbocycles. The summed E-state index contributed by atoms with van der Waals surface area (Å²) in [5.41, 5.74) is 0.902. The van der Waals surface area contributed by atoms with E-state index in [1.807, 2.05) is 0 Å². The molecule has 4 unspecified atom stereocenters. The van der Waals surface area contributed by atoms with Crippen molar-refractivity contribution in [3.63, 3.8) is 0 Å². The van der Waals surface area contributed by atoms with Gasteiger partial charge >= 0.3 is 35.6 Å². The van der Waals surface area contributed by atoms with Gasteiger partial charge in [0.2, 0.25) is 0 Å². The first-order valence-corrected chi connectivity index (χ1v) is 16.3. The summed E-state index contributed by atoms with van der Waals surface area (Å²) in [5, 5.41) is 0. The van der Waals surface area contributed by atoms with E-state index in [1.54, 1.807) is 0 Å². The molecule has 2 aliphatic carbocycles. The summed E-state index contributed by atoms with van der Waals surface area (Å²) in [6.07, 6.45) is 7.02. The molecule has 0 aliphatic heterocycles. The second kappa shape index (κ2) is 11.2. The molecule has 0 aromatic rings. The minimum atomic E-state index is -1.44. The van der Waals surface area contributed by atoms with Gasteiger partial charge in [-0.1, -0.05) is 86.7 Å². The first-order valence-electron chi connectivity index (χ1n) is 8.94. The molecule has 5 heteroatoms. The summed E-state index contributed by atoms with van der Waals surface area (Å²) in [6.45, 7) is 15.0. The molecule has 0 N–H and O–H groups in total. The Labute approximate surface area is 163 Å². The Morgan fingerprint density at radius 2 is 1.22 bits per heavy atom. The van der Waals surface area contributed by atoms with Crippen LogP contribution in [0.4, 0.5) is 0 Å². The second-order valence-corrected chi connectivity index (χ2v) is 14.9. The van der Waals surface area contributed by atoms with Crippen LogP contribution in [0.15, 0.2) is 0 Å². The molecule has 0 saturated heterocycles. The van der Waals surface area contributed by atoms with Gasteiger partial charge in [-0.2, -0.15) is 0 Å². The van der Waals surface area contributed by atoms with Crippen LogP contribution >= 0.6 is 18.6 Å². The van der Waals surface area contributed by atoms with Gasteiger partial charge in [-0.3, -0.25) is 0 Å². The quantitative estimate of drug-likeness (QED) is 0.333. The Morgan fingerprint density at radius 3 is 1.61 bits per heavy atom. The topological polar surface area (TPSA) is 14.1 Å². The number of rotatable bonds is 3. The van der Waals surface area contributed by atoms with Gasteiger partial charge in [-0.05, 0) is 23.7 Å². The fourth-order valence-electron chi connectivity index (χ4n) is 5.14. The van der Waals surface area contributed by atoms with Gasteiger partial charge in [-0.15, -0.1) is 6.04 Å². The van der Waals surface area contributed by atoms with Crippen molar-refractivity contribution in [2.24, 2.45) is 23.7 Å². The zero-order valence-corrected chi connectivity index (χ0v) is 20.3. The van der Waals surface area contributed by atoms with E-state index >= 15 is 0 Å². The predicted octanol–water partition coefficient (Wildman–Crippen LogP) is 7.65. The van der Waals surface area contributed by atoms with Crippen LogP contribution in [0.3, 0.4) is 0 Å². The summed E-state index contributed by atoms with van der Waals surface area (Å²) in [7, 11) is 8.34. The van der Waals surface area contributed by atoms with Crippen molar-refractivity contribution < 1.29 is 17.0 Å². The average Bonchev–Trinajstić information content (AvgIpc) is 2.65. The number of hydrogen-bond acceptors (Lipinski definition) is 0. The Kier molecular flexibility index (Phi) is 12.0. The Balaban J connectivity index is 0.00000112. The second-order valence-electron chi connectivity index (χ2n) is 8.11. The molecule has 0 aromatic carbocycles. The van der Waals surface area contributed by atoms with Crippen molar-refractivity contribution >= 4 is 26.8 Å². The van der Waals surface area contributed by atoms with E-state index in [4.69, 9.17) is 23.6 Å². The fraction of sp³-hybridized carbons (Fsp3) is 0.944. The Hall–Kier alpha value is 1.47. The fourth-order valence-corrected chi connectivity index (χ4v) is 9.70. The van der Waals surface area contributed by atoms with Gasteiger partial charge in [0.05, 0.1) is 0 Å². The SMILES string of the molecule is CC1C(C)C(C)C([Si](C)(C)[N-]C2CCCCC2)C1C.[CH3-].[Cl][Ti][Cl]. The van der Waals surface area contributed by atoms with Gasteiger partial charge in [-0.25, -0.2) is 0 Å². The van der Waals surface area contributed by atoms with E-state index in [-0.39, 0.29) is 7.43 Å². The van der Waals surface area contributed by atoms with E-state index in [1.165, 1.54) is 32.1 Å². The monoisotopic (exact) mass is 413 g/mol. The first kappa shape index (κ1) is 24.5. The van der Waals surface area contributed by atoms with Crippen molar-refractivity contribution in [3.8, 4) is 0 Å². The van der Waals surface area contributed by atoms with Crippen molar-refractivity contribution in [2.45, 2.75) is 84.5 Å². The summed E-state index contributed by atoms with van der Waals surface area (Å²) in [6, 6.07) is 0.709. The van der Waals surface area contributed by atoms with E-state index < -0.39 is 25.3 Å². The third-order valence-electron chi connectivity index (χ3n) is 6.53. The molecule has 1 nitrogen and oxygen atoms in total. The molecule has 4 atom stereocenters. The molecule has 0 spiro atoms. The van der Waals surface area contributed by atoms with Crippen LogP contribution in [0.25, 0.3) is 4.98 Å². The van der Waals surface area contributed by atoms with Crippen LogP contribution in [0.2, 0.25) is 18.6 Å². The molecule has 2 rings (SSSR count). The summed E-state index contributed by atoms with van der Waals surface area (Å²) >= 11 is -0.556. The van der Waals surface area contributed by atoms with Crippen LogP contribution in [0, 0.1) is 31.1 Å². The van der Waals surface area contributed by atoms with Gasteiger partial charge < -0.3 is 12.4 Å². The van der Waals surface area contributed by atoms with Crippen molar-refractivity contribution in [1.82, 2.24) is 0 Å². The van der Waals surface area contributed by atoms with Crippen LogP contribution in [-0.4, -0.2) is 14.3 Å². The molecule has 2 fully saturated rings. The first-order chi connectivity index (χ1) is 10.3. The maximum atomic E-state index is 5.46. The zero-order chi connectivity index (χ0) is 16.9. The van der Waals surface area contributed by atoms with E-state index in [0.29, 0.717) is 6.04 Å². The molecule has 0 heterocycles. The number of halogens is 2. The number of hydrogen-bond donors (Lipinski definition) is 0. The van der Waals surface area contributed by atoms with Crippen molar-refractivity contribution in [1.29, 1.82) is 0 Å². The molecule has 0 aromatic heterocycles. The van der Waals surface area contributed by atoms with E-state index in [0.717, 1.165) is 29.2 Å². The molecule has 0 amide bonds. The molecule has 0 radical (unpaired) electrons. The summed E-state index contributed by atoms with van der Waals surface area (Å²) < 4.78 is 0. The molecule has 2 aliphatic rings. The molecule has 138 valence electrons. The van der Waals surface area contributed by atoms with Crippen molar-refractivity contribution in [3.05, 3.63) is 12.4 Å². The van der Waals surface area contributed by atoms with Crippen LogP contribution in [-0.2, 0) is 17.0 Å². The predicted molar refractivity (Wildman–Crippen MR) is 106 cm³/mol. The third kappa shape index (κ3) is 6.61. The summed E-state index contributed by atoms with van der Waals surface area (Å²) in [4.78, 5) is 5.46. The maximum absolute atomic E-state index is 5.46. The molecule has 0 bridgehead atoms. The van der Waals surface area contributed by atoms with Gasteiger partial charge in [0.25, 0.3) is 0 Å². The van der Waals surface area contributed by atoms with Gasteiger partial charge in [0.1, 0.15) is 0 Å². The van der Waals surface area contributed by atoms with Crippen LogP contribution in [0.1, 0.15) is 59.8 Å². The Bertz CT molecular complexity index is 310. The summed E-state index contributed by atoms with van der Waals surface area (Å²) in [5.74, 6) is 3.51. The standard InChI is InChI=1S/C17H34NSi.CH3.2ClH.Ti/c1-12-13(2)15(4)17(14(12)3)19(5,6)18-16-10-8-7-9-11-16;;;;/h12-17H,7-11H2,1-6H3;1H3;2*1H;/q2*-1;;;+2/p-2. The molecular weight excluding hydrogens is 377 g/mol. The van der Waals surface area contributed by atoms with Crippen molar-refractivity contribution in [2.75, 3.05) is 0 Å². The van der Waals surface area contributed by atoms with Gasteiger partial charge in [0.15, 0.2) is 0 Å². The minimum absolute atomic E-state index is 0. The van der Waals surface area contributed by atoms with E-state index in [9.17, 15) is 0 Å². The number of nitrogens with zero attached hydrogens (tertiary/aromatic N) is 1. The molecular formula is C18H37Cl2NSiTi-2. The van der Waals surface area contributed by atoms with Crippen LogP contribution < -0.4 is 0 Å².